The van der Waals surface area contributed by atoms with Crippen molar-refractivity contribution in [2.75, 3.05) is 11.5 Å². The molecule has 0 aliphatic heterocycles. The van der Waals surface area contributed by atoms with Crippen molar-refractivity contribution in [1.82, 2.24) is 0 Å². The van der Waals surface area contributed by atoms with Gasteiger partial charge in [0.15, 0.2) is 0 Å². The van der Waals surface area contributed by atoms with Gasteiger partial charge in [0.25, 0.3) is 0 Å². The minimum Gasteiger partial charge on any atom is -0.398 e. The second-order valence-corrected chi connectivity index (χ2v) is 4.59. The number of hydrogen-bond donors (Lipinski definition) is 2. The topological polar surface area (TPSA) is 52.0 Å². The number of hydrogen-bond acceptors (Lipinski definition) is 3. The third-order valence-corrected chi connectivity index (χ3v) is 3.87. The zero-order valence-corrected chi connectivity index (χ0v) is 9.95. The second kappa shape index (κ2) is 3.74. The molecule has 0 atom stereocenters. The molecule has 0 saturated carbocycles. The number of thiophene rings is 1. The SMILES string of the molecule is CCc1cc(CC)c2c(N)csc2c1N. The molecule has 0 radical (unpaired) electrons. The van der Waals surface area contributed by atoms with Gasteiger partial charge in [-0.3, -0.25) is 0 Å². The first-order chi connectivity index (χ1) is 7.19. The van der Waals surface area contributed by atoms with E-state index in [-0.39, 0.29) is 0 Å². The minimum atomic E-state index is 0.862. The van der Waals surface area contributed by atoms with Crippen LogP contribution in [0.2, 0.25) is 0 Å². The minimum absolute atomic E-state index is 0.862. The molecule has 2 rings (SSSR count). The first-order valence-electron chi connectivity index (χ1n) is 5.25. The van der Waals surface area contributed by atoms with Gasteiger partial charge in [0.05, 0.1) is 16.1 Å². The number of nitrogens with two attached hydrogens (primary N) is 2. The highest BCUT2D eigenvalue weighted by Crippen LogP contribution is 2.37. The lowest BCUT2D eigenvalue weighted by Crippen LogP contribution is -1.97. The van der Waals surface area contributed by atoms with E-state index in [4.69, 9.17) is 11.5 Å². The van der Waals surface area contributed by atoms with E-state index in [0.717, 1.165) is 34.3 Å². The summed E-state index contributed by atoms with van der Waals surface area (Å²) in [6.07, 6.45) is 1.98. The van der Waals surface area contributed by atoms with E-state index in [9.17, 15) is 0 Å². The highest BCUT2D eigenvalue weighted by Gasteiger charge is 2.11. The molecule has 1 aromatic carbocycles. The summed E-state index contributed by atoms with van der Waals surface area (Å²) in [6, 6.07) is 2.20. The molecule has 0 saturated heterocycles. The first-order valence-corrected chi connectivity index (χ1v) is 6.13. The van der Waals surface area contributed by atoms with Crippen molar-refractivity contribution in [3.63, 3.8) is 0 Å². The van der Waals surface area contributed by atoms with Crippen LogP contribution in [-0.4, -0.2) is 0 Å². The Morgan fingerprint density at radius 1 is 1.13 bits per heavy atom. The maximum Gasteiger partial charge on any atom is 0.0599 e. The molecule has 0 bridgehead atoms. The molecule has 0 aliphatic rings. The molecule has 0 fully saturated rings. The molecule has 2 aromatic rings. The Kier molecular flexibility index (Phi) is 2.57. The van der Waals surface area contributed by atoms with Gasteiger partial charge in [-0.15, -0.1) is 11.3 Å². The Balaban J connectivity index is 2.86. The highest BCUT2D eigenvalue weighted by atomic mass is 32.1. The molecular weight excluding hydrogens is 204 g/mol. The maximum absolute atomic E-state index is 6.12. The third kappa shape index (κ3) is 1.47. The van der Waals surface area contributed by atoms with Gasteiger partial charge in [-0.25, -0.2) is 0 Å². The Morgan fingerprint density at radius 3 is 2.40 bits per heavy atom. The smallest absolute Gasteiger partial charge is 0.0599 e. The van der Waals surface area contributed by atoms with Gasteiger partial charge < -0.3 is 11.5 Å². The van der Waals surface area contributed by atoms with Crippen LogP contribution in [0.3, 0.4) is 0 Å². The van der Waals surface area contributed by atoms with Crippen molar-refractivity contribution in [2.45, 2.75) is 26.7 Å². The van der Waals surface area contributed by atoms with Crippen LogP contribution in [0, 0.1) is 0 Å². The number of fused-ring (bicyclic) bond motifs is 1. The van der Waals surface area contributed by atoms with Crippen molar-refractivity contribution >= 4 is 32.8 Å². The quantitative estimate of drug-likeness (QED) is 0.764. The zero-order chi connectivity index (χ0) is 11.0. The van der Waals surface area contributed by atoms with Crippen molar-refractivity contribution in [3.8, 4) is 0 Å². The lowest BCUT2D eigenvalue weighted by atomic mass is 10.0. The summed E-state index contributed by atoms with van der Waals surface area (Å²) in [4.78, 5) is 0. The summed E-state index contributed by atoms with van der Waals surface area (Å²) in [7, 11) is 0. The van der Waals surface area contributed by atoms with Crippen LogP contribution in [0.4, 0.5) is 11.4 Å². The molecule has 4 N–H and O–H groups in total. The Labute approximate surface area is 93.9 Å². The molecule has 0 amide bonds. The highest BCUT2D eigenvalue weighted by molar-refractivity contribution is 7.18. The van der Waals surface area contributed by atoms with E-state index >= 15 is 0 Å². The predicted molar refractivity (Wildman–Crippen MR) is 69.4 cm³/mol. The van der Waals surface area contributed by atoms with Crippen LogP contribution >= 0.6 is 11.3 Å². The summed E-state index contributed by atoms with van der Waals surface area (Å²) in [6.45, 7) is 4.29. The molecule has 1 heterocycles. The number of rotatable bonds is 2. The molecule has 0 aliphatic carbocycles. The summed E-state index contributed by atoms with van der Waals surface area (Å²) in [5, 5.41) is 3.15. The molecule has 2 nitrogen and oxygen atoms in total. The molecule has 0 spiro atoms. The maximum atomic E-state index is 6.12. The molecule has 0 unspecified atom stereocenters. The van der Waals surface area contributed by atoms with Crippen molar-refractivity contribution < 1.29 is 0 Å². The Morgan fingerprint density at radius 2 is 1.80 bits per heavy atom. The number of aryl methyl sites for hydroxylation is 2. The van der Waals surface area contributed by atoms with Gasteiger partial charge in [-0.1, -0.05) is 19.9 Å². The van der Waals surface area contributed by atoms with E-state index in [0.29, 0.717) is 0 Å². The third-order valence-electron chi connectivity index (χ3n) is 2.84. The van der Waals surface area contributed by atoms with Crippen molar-refractivity contribution in [3.05, 3.63) is 22.6 Å². The summed E-state index contributed by atoms with van der Waals surface area (Å²) in [5.41, 5.74) is 16.4. The summed E-state index contributed by atoms with van der Waals surface area (Å²) in [5.74, 6) is 0. The van der Waals surface area contributed by atoms with Gasteiger partial charge in [0.1, 0.15) is 0 Å². The lowest BCUT2D eigenvalue weighted by Gasteiger charge is -2.09. The normalized spacial score (nSPS) is 11.1. The molecule has 3 heteroatoms. The number of anilines is 2. The van der Waals surface area contributed by atoms with Crippen molar-refractivity contribution in [1.29, 1.82) is 0 Å². The number of nitrogen functional groups attached to an aromatic ring is 2. The van der Waals surface area contributed by atoms with E-state index in [1.807, 2.05) is 5.38 Å². The van der Waals surface area contributed by atoms with Crippen LogP contribution in [0.25, 0.3) is 10.1 Å². The van der Waals surface area contributed by atoms with Gasteiger partial charge >= 0.3 is 0 Å². The number of benzene rings is 1. The molecule has 80 valence electrons. The van der Waals surface area contributed by atoms with Gasteiger partial charge in [-0.05, 0) is 24.0 Å². The van der Waals surface area contributed by atoms with Crippen LogP contribution in [0.5, 0.6) is 0 Å². The monoisotopic (exact) mass is 220 g/mol. The zero-order valence-electron chi connectivity index (χ0n) is 9.13. The van der Waals surface area contributed by atoms with Gasteiger partial charge in [0.2, 0.25) is 0 Å². The average Bonchev–Trinajstić information content (AvgIpc) is 2.63. The lowest BCUT2D eigenvalue weighted by molar-refractivity contribution is 1.11. The van der Waals surface area contributed by atoms with Gasteiger partial charge in [-0.2, -0.15) is 0 Å². The van der Waals surface area contributed by atoms with Crippen molar-refractivity contribution in [2.24, 2.45) is 0 Å². The largest absolute Gasteiger partial charge is 0.398 e. The standard InChI is InChI=1S/C12H16N2S/c1-3-7-5-8(4-2)11(14)12-10(7)9(13)6-15-12/h5-6H,3-4,13-14H2,1-2H3. The second-order valence-electron chi connectivity index (χ2n) is 3.71. The molecular formula is C12H16N2S. The average molecular weight is 220 g/mol. The van der Waals surface area contributed by atoms with Crippen LogP contribution in [-0.2, 0) is 12.8 Å². The van der Waals surface area contributed by atoms with E-state index in [1.165, 1.54) is 11.1 Å². The van der Waals surface area contributed by atoms with E-state index in [1.54, 1.807) is 11.3 Å². The molecule has 15 heavy (non-hydrogen) atoms. The molecule has 1 aromatic heterocycles. The Hall–Kier alpha value is -1.22. The van der Waals surface area contributed by atoms with Crippen LogP contribution in [0.1, 0.15) is 25.0 Å². The van der Waals surface area contributed by atoms with E-state index < -0.39 is 0 Å². The summed E-state index contributed by atoms with van der Waals surface area (Å²) >= 11 is 1.65. The fraction of sp³-hybridized carbons (Fsp3) is 0.333. The Bertz CT molecular complexity index is 500. The van der Waals surface area contributed by atoms with Crippen LogP contribution in [0.15, 0.2) is 11.4 Å². The fourth-order valence-corrected chi connectivity index (χ4v) is 2.97. The first kappa shape index (κ1) is 10.3. The van der Waals surface area contributed by atoms with E-state index in [2.05, 4.69) is 19.9 Å². The summed E-state index contributed by atoms with van der Waals surface area (Å²) < 4.78 is 1.16. The predicted octanol–water partition coefficient (Wildman–Crippen LogP) is 3.19. The van der Waals surface area contributed by atoms with Gasteiger partial charge in [0, 0.05) is 10.8 Å². The fourth-order valence-electron chi connectivity index (χ4n) is 1.98. The van der Waals surface area contributed by atoms with Crippen LogP contribution < -0.4 is 11.5 Å².